The molecule has 0 spiro atoms. The Balaban J connectivity index is 1.85. The summed E-state index contributed by atoms with van der Waals surface area (Å²) >= 11 is 0. The highest BCUT2D eigenvalue weighted by atomic mass is 16.1. The fraction of sp³-hybridized carbons (Fsp3) is 0.471. The summed E-state index contributed by atoms with van der Waals surface area (Å²) in [6, 6.07) is 7.81. The molecule has 1 aliphatic rings. The first-order valence-corrected chi connectivity index (χ1v) is 7.38. The molecule has 3 nitrogen and oxygen atoms in total. The molecule has 1 aromatic rings. The van der Waals surface area contributed by atoms with E-state index in [-0.39, 0.29) is 5.91 Å². The lowest BCUT2D eigenvalue weighted by Gasteiger charge is -2.32. The van der Waals surface area contributed by atoms with Crippen molar-refractivity contribution in [2.24, 2.45) is 11.8 Å². The molecule has 1 fully saturated rings. The van der Waals surface area contributed by atoms with E-state index in [4.69, 9.17) is 5.73 Å². The predicted molar refractivity (Wildman–Crippen MR) is 84.0 cm³/mol. The fourth-order valence-corrected chi connectivity index (χ4v) is 2.71. The third kappa shape index (κ3) is 4.12. The Morgan fingerprint density at radius 1 is 1.20 bits per heavy atom. The number of carbonyl (C=O) groups excluding carboxylic acids is 1. The molecular weight excluding hydrogens is 248 g/mol. The summed E-state index contributed by atoms with van der Waals surface area (Å²) in [4.78, 5) is 11.9. The van der Waals surface area contributed by atoms with Gasteiger partial charge in [-0.2, -0.15) is 0 Å². The van der Waals surface area contributed by atoms with Gasteiger partial charge < -0.3 is 11.1 Å². The Bertz CT molecular complexity index is 478. The van der Waals surface area contributed by atoms with Crippen LogP contribution in [0.15, 0.2) is 30.3 Å². The number of benzene rings is 1. The van der Waals surface area contributed by atoms with Crippen LogP contribution in [0.5, 0.6) is 0 Å². The van der Waals surface area contributed by atoms with Gasteiger partial charge in [-0.15, -0.1) is 0 Å². The van der Waals surface area contributed by atoms with Crippen LogP contribution < -0.4 is 11.1 Å². The van der Waals surface area contributed by atoms with Gasteiger partial charge in [0.05, 0.1) is 0 Å². The van der Waals surface area contributed by atoms with Crippen LogP contribution in [-0.2, 0) is 4.79 Å². The van der Waals surface area contributed by atoms with Crippen molar-refractivity contribution in [1.29, 1.82) is 0 Å². The molecule has 0 aliphatic heterocycles. The summed E-state index contributed by atoms with van der Waals surface area (Å²) in [7, 11) is 0. The summed E-state index contributed by atoms with van der Waals surface area (Å²) in [6.07, 6.45) is 6.81. The lowest BCUT2D eigenvalue weighted by atomic mass is 9.79. The minimum atomic E-state index is -0.00595. The maximum atomic E-state index is 11.9. The van der Waals surface area contributed by atoms with Crippen molar-refractivity contribution < 1.29 is 4.79 Å². The van der Waals surface area contributed by atoms with Crippen LogP contribution in [0.1, 0.15) is 38.7 Å². The van der Waals surface area contributed by atoms with Crippen molar-refractivity contribution in [1.82, 2.24) is 5.32 Å². The van der Waals surface area contributed by atoms with Gasteiger partial charge in [-0.3, -0.25) is 4.79 Å². The highest BCUT2D eigenvalue weighted by Gasteiger charge is 2.24. The number of amides is 1. The monoisotopic (exact) mass is 272 g/mol. The van der Waals surface area contributed by atoms with Crippen LogP contribution in [0.25, 0.3) is 6.08 Å². The zero-order valence-corrected chi connectivity index (χ0v) is 12.3. The van der Waals surface area contributed by atoms with Crippen molar-refractivity contribution >= 4 is 17.7 Å². The molecule has 1 aliphatic carbocycles. The van der Waals surface area contributed by atoms with Crippen molar-refractivity contribution in [3.63, 3.8) is 0 Å². The maximum Gasteiger partial charge on any atom is 0.244 e. The second-order valence-corrected chi connectivity index (χ2v) is 5.97. The molecule has 3 N–H and O–H groups in total. The summed E-state index contributed by atoms with van der Waals surface area (Å²) in [5.41, 5.74) is 7.35. The number of anilines is 1. The van der Waals surface area contributed by atoms with Crippen LogP contribution in [0.4, 0.5) is 5.69 Å². The molecule has 0 radical (unpaired) electrons. The van der Waals surface area contributed by atoms with Crippen molar-refractivity contribution in [2.45, 2.75) is 39.2 Å². The number of nitrogen functional groups attached to an aromatic ring is 1. The number of carbonyl (C=O) groups is 1. The molecule has 0 bridgehead atoms. The maximum absolute atomic E-state index is 11.9. The van der Waals surface area contributed by atoms with E-state index in [2.05, 4.69) is 19.2 Å². The molecule has 3 atom stereocenters. The Morgan fingerprint density at radius 2 is 1.90 bits per heavy atom. The topological polar surface area (TPSA) is 55.1 Å². The van der Waals surface area contributed by atoms with Gasteiger partial charge in [0, 0.05) is 17.8 Å². The van der Waals surface area contributed by atoms with E-state index < -0.39 is 0 Å². The van der Waals surface area contributed by atoms with E-state index in [1.54, 1.807) is 6.08 Å². The molecule has 0 aromatic heterocycles. The Hall–Kier alpha value is -1.77. The number of nitrogens with one attached hydrogen (secondary N) is 1. The lowest BCUT2D eigenvalue weighted by Crippen LogP contribution is -2.39. The fourth-order valence-electron chi connectivity index (χ4n) is 2.71. The number of nitrogens with two attached hydrogens (primary N) is 1. The molecule has 2 rings (SSSR count). The molecule has 0 saturated heterocycles. The van der Waals surface area contributed by atoms with Gasteiger partial charge in [0.1, 0.15) is 0 Å². The first-order chi connectivity index (χ1) is 9.54. The molecular formula is C17H24N2O. The van der Waals surface area contributed by atoms with Gasteiger partial charge in [-0.1, -0.05) is 26.0 Å². The predicted octanol–water partition coefficient (Wildman–Crippen LogP) is 3.22. The first-order valence-electron chi connectivity index (χ1n) is 7.38. The molecule has 0 heterocycles. The van der Waals surface area contributed by atoms with E-state index in [1.807, 2.05) is 30.3 Å². The van der Waals surface area contributed by atoms with E-state index >= 15 is 0 Å². The molecule has 1 amide bonds. The van der Waals surface area contributed by atoms with Gasteiger partial charge in [-0.25, -0.2) is 0 Å². The third-order valence-corrected chi connectivity index (χ3v) is 4.31. The quantitative estimate of drug-likeness (QED) is 0.655. The molecule has 108 valence electrons. The summed E-state index contributed by atoms with van der Waals surface area (Å²) in [6.45, 7) is 4.57. The van der Waals surface area contributed by atoms with Crippen LogP contribution in [-0.4, -0.2) is 11.9 Å². The van der Waals surface area contributed by atoms with Crippen LogP contribution in [0.3, 0.4) is 0 Å². The second-order valence-electron chi connectivity index (χ2n) is 5.97. The van der Waals surface area contributed by atoms with Crippen molar-refractivity contribution in [2.75, 3.05) is 5.73 Å². The van der Waals surface area contributed by atoms with E-state index in [0.717, 1.165) is 30.0 Å². The highest BCUT2D eigenvalue weighted by Crippen LogP contribution is 2.29. The van der Waals surface area contributed by atoms with Gasteiger partial charge in [-0.05, 0) is 54.9 Å². The number of hydrogen-bond acceptors (Lipinski definition) is 2. The summed E-state index contributed by atoms with van der Waals surface area (Å²) < 4.78 is 0. The second kappa shape index (κ2) is 6.60. The summed E-state index contributed by atoms with van der Waals surface area (Å²) in [5.74, 6) is 1.46. The van der Waals surface area contributed by atoms with Gasteiger partial charge in [0.15, 0.2) is 0 Å². The van der Waals surface area contributed by atoms with Gasteiger partial charge in [0.25, 0.3) is 0 Å². The van der Waals surface area contributed by atoms with Gasteiger partial charge in [0.2, 0.25) is 5.91 Å². The van der Waals surface area contributed by atoms with Crippen LogP contribution >= 0.6 is 0 Å². The largest absolute Gasteiger partial charge is 0.399 e. The van der Waals surface area contributed by atoms with Crippen LogP contribution in [0, 0.1) is 11.8 Å². The molecule has 3 unspecified atom stereocenters. The minimum absolute atomic E-state index is 0.00595. The standard InChI is InChI=1S/C17H24N2O/c1-12-3-9-16(11-13(12)2)19-17(20)10-6-14-4-7-15(18)8-5-14/h4-8,10,12-13,16H,3,9,11,18H2,1-2H3,(H,19,20)/b10-6+. The lowest BCUT2D eigenvalue weighted by molar-refractivity contribution is -0.117. The molecule has 1 saturated carbocycles. The highest BCUT2D eigenvalue weighted by molar-refractivity contribution is 5.91. The minimum Gasteiger partial charge on any atom is -0.399 e. The average molecular weight is 272 g/mol. The normalized spacial score (nSPS) is 26.6. The van der Waals surface area contributed by atoms with Gasteiger partial charge >= 0.3 is 0 Å². The van der Waals surface area contributed by atoms with E-state index in [1.165, 1.54) is 6.42 Å². The summed E-state index contributed by atoms with van der Waals surface area (Å²) in [5, 5.41) is 3.10. The molecule has 1 aromatic carbocycles. The molecule has 3 heteroatoms. The third-order valence-electron chi connectivity index (χ3n) is 4.31. The number of rotatable bonds is 3. The van der Waals surface area contributed by atoms with Crippen molar-refractivity contribution in [3.8, 4) is 0 Å². The zero-order valence-electron chi connectivity index (χ0n) is 12.3. The first kappa shape index (κ1) is 14.6. The van der Waals surface area contributed by atoms with E-state index in [0.29, 0.717) is 12.0 Å². The molecule has 20 heavy (non-hydrogen) atoms. The van der Waals surface area contributed by atoms with Crippen molar-refractivity contribution in [3.05, 3.63) is 35.9 Å². The number of hydrogen-bond donors (Lipinski definition) is 2. The Morgan fingerprint density at radius 3 is 2.55 bits per heavy atom. The van der Waals surface area contributed by atoms with Crippen LogP contribution in [0.2, 0.25) is 0 Å². The van der Waals surface area contributed by atoms with E-state index in [9.17, 15) is 4.79 Å². The Kier molecular flexibility index (Phi) is 4.83. The smallest absolute Gasteiger partial charge is 0.244 e. The zero-order chi connectivity index (χ0) is 14.5. The average Bonchev–Trinajstić information content (AvgIpc) is 2.42. The Labute approximate surface area is 121 Å². The SMILES string of the molecule is CC1CCC(NC(=O)/C=C/c2ccc(N)cc2)CC1C.